The summed E-state index contributed by atoms with van der Waals surface area (Å²) in [6.07, 6.45) is 0.407. The highest BCUT2D eigenvalue weighted by Gasteiger charge is 2.32. The van der Waals surface area contributed by atoms with E-state index in [2.05, 4.69) is 5.32 Å². The van der Waals surface area contributed by atoms with Gasteiger partial charge in [-0.3, -0.25) is 4.79 Å². The van der Waals surface area contributed by atoms with Crippen molar-refractivity contribution in [3.05, 3.63) is 29.3 Å². The number of hydrogen-bond acceptors (Lipinski definition) is 4. The third-order valence-corrected chi connectivity index (χ3v) is 6.40. The fraction of sp³-hybridized carbons (Fsp3) is 0.588. The Hall–Kier alpha value is -1.44. The van der Waals surface area contributed by atoms with Gasteiger partial charge in [0.2, 0.25) is 15.9 Å². The molecule has 6 nitrogen and oxygen atoms in total. The van der Waals surface area contributed by atoms with Gasteiger partial charge in [0.1, 0.15) is 0 Å². The summed E-state index contributed by atoms with van der Waals surface area (Å²) in [5.74, 6) is -0.311. The van der Waals surface area contributed by atoms with E-state index in [1.807, 2.05) is 13.0 Å². The standard InChI is InChI=1S/C17H26N2O4S/c1-12-4-5-16(13(2)10-12)24(22,23)19-8-6-15(7-9-19)17(21)18-11-14(3)20/h4-5,10,14-15,20H,6-9,11H2,1-3H3,(H,18,21). The molecule has 1 amide bonds. The Bertz CT molecular complexity index is 693. The first-order valence-electron chi connectivity index (χ1n) is 8.25. The van der Waals surface area contributed by atoms with E-state index in [0.717, 1.165) is 11.1 Å². The Morgan fingerprint density at radius 3 is 2.50 bits per heavy atom. The molecule has 1 aliphatic heterocycles. The number of aryl methyl sites for hydroxylation is 2. The zero-order valence-electron chi connectivity index (χ0n) is 14.4. The molecule has 0 radical (unpaired) electrons. The van der Waals surface area contributed by atoms with Gasteiger partial charge in [-0.05, 0) is 45.2 Å². The smallest absolute Gasteiger partial charge is 0.243 e. The molecule has 2 rings (SSSR count). The Balaban J connectivity index is 2.02. The second kappa shape index (κ2) is 7.63. The average molecular weight is 354 g/mol. The lowest BCUT2D eigenvalue weighted by Crippen LogP contribution is -2.44. The van der Waals surface area contributed by atoms with E-state index >= 15 is 0 Å². The number of hydrogen-bond donors (Lipinski definition) is 2. The second-order valence-corrected chi connectivity index (χ2v) is 8.45. The molecule has 7 heteroatoms. The van der Waals surface area contributed by atoms with Gasteiger partial charge in [-0.1, -0.05) is 17.7 Å². The number of benzene rings is 1. The highest BCUT2D eigenvalue weighted by atomic mass is 32.2. The topological polar surface area (TPSA) is 86.7 Å². The van der Waals surface area contributed by atoms with Crippen molar-refractivity contribution in [1.82, 2.24) is 9.62 Å². The van der Waals surface area contributed by atoms with E-state index in [9.17, 15) is 18.3 Å². The van der Waals surface area contributed by atoms with Gasteiger partial charge in [-0.15, -0.1) is 0 Å². The summed E-state index contributed by atoms with van der Waals surface area (Å²) in [4.78, 5) is 12.4. The van der Waals surface area contributed by atoms with Gasteiger partial charge in [0.25, 0.3) is 0 Å². The third-order valence-electron chi connectivity index (χ3n) is 4.34. The van der Waals surface area contributed by atoms with Crippen molar-refractivity contribution >= 4 is 15.9 Å². The van der Waals surface area contributed by atoms with Gasteiger partial charge < -0.3 is 10.4 Å². The van der Waals surface area contributed by atoms with Crippen molar-refractivity contribution in [1.29, 1.82) is 0 Å². The van der Waals surface area contributed by atoms with E-state index in [1.54, 1.807) is 26.0 Å². The van der Waals surface area contributed by atoms with E-state index in [4.69, 9.17) is 0 Å². The van der Waals surface area contributed by atoms with Crippen LogP contribution < -0.4 is 5.32 Å². The molecule has 0 spiro atoms. The number of nitrogens with one attached hydrogen (secondary N) is 1. The van der Waals surface area contributed by atoms with Crippen molar-refractivity contribution in [3.63, 3.8) is 0 Å². The molecule has 1 unspecified atom stereocenters. The number of piperidine rings is 1. The molecule has 0 aromatic heterocycles. The number of aliphatic hydroxyl groups excluding tert-OH is 1. The largest absolute Gasteiger partial charge is 0.392 e. The minimum atomic E-state index is -3.52. The predicted octanol–water partition coefficient (Wildman–Crippen LogP) is 1.20. The van der Waals surface area contributed by atoms with Crippen LogP contribution in [-0.2, 0) is 14.8 Å². The molecule has 1 heterocycles. The lowest BCUT2D eigenvalue weighted by molar-refractivity contribution is -0.126. The van der Waals surface area contributed by atoms with Crippen LogP contribution in [-0.4, -0.2) is 49.5 Å². The first-order chi connectivity index (χ1) is 11.2. The van der Waals surface area contributed by atoms with Crippen LogP contribution in [0.25, 0.3) is 0 Å². The SMILES string of the molecule is Cc1ccc(S(=O)(=O)N2CCC(C(=O)NCC(C)O)CC2)c(C)c1. The molecule has 1 atom stereocenters. The van der Waals surface area contributed by atoms with Crippen LogP contribution in [0.1, 0.15) is 30.9 Å². The van der Waals surface area contributed by atoms with E-state index in [0.29, 0.717) is 30.8 Å². The van der Waals surface area contributed by atoms with Crippen molar-refractivity contribution in [3.8, 4) is 0 Å². The number of sulfonamides is 1. The Labute approximate surface area is 143 Å². The molecule has 0 aliphatic carbocycles. The molecule has 1 saturated heterocycles. The second-order valence-electron chi connectivity index (χ2n) is 6.54. The fourth-order valence-electron chi connectivity index (χ4n) is 2.98. The summed E-state index contributed by atoms with van der Waals surface area (Å²) in [5.41, 5.74) is 1.77. The molecular weight excluding hydrogens is 328 g/mol. The van der Waals surface area contributed by atoms with Crippen LogP contribution in [0.3, 0.4) is 0 Å². The van der Waals surface area contributed by atoms with Crippen molar-refractivity contribution in [2.75, 3.05) is 19.6 Å². The van der Waals surface area contributed by atoms with Crippen LogP contribution in [0.15, 0.2) is 23.1 Å². The van der Waals surface area contributed by atoms with Crippen LogP contribution in [0.4, 0.5) is 0 Å². The maximum Gasteiger partial charge on any atom is 0.243 e. The summed E-state index contributed by atoms with van der Waals surface area (Å²) >= 11 is 0. The van der Waals surface area contributed by atoms with Crippen molar-refractivity contribution in [2.24, 2.45) is 5.92 Å². The summed E-state index contributed by atoms with van der Waals surface area (Å²) in [5, 5.41) is 11.9. The molecule has 24 heavy (non-hydrogen) atoms. The van der Waals surface area contributed by atoms with Gasteiger partial charge in [0, 0.05) is 25.6 Å². The molecular formula is C17H26N2O4S. The summed E-state index contributed by atoms with van der Waals surface area (Å²) in [6, 6.07) is 5.32. The van der Waals surface area contributed by atoms with E-state index in [-0.39, 0.29) is 18.4 Å². The zero-order chi connectivity index (χ0) is 17.9. The van der Waals surface area contributed by atoms with Crippen molar-refractivity contribution < 1.29 is 18.3 Å². The first-order valence-corrected chi connectivity index (χ1v) is 9.69. The Morgan fingerprint density at radius 2 is 1.96 bits per heavy atom. The summed E-state index contributed by atoms with van der Waals surface area (Å²) in [7, 11) is -3.52. The minimum absolute atomic E-state index is 0.112. The first kappa shape index (κ1) is 18.9. The number of amides is 1. The quantitative estimate of drug-likeness (QED) is 0.832. The summed E-state index contributed by atoms with van der Waals surface area (Å²) < 4.78 is 27.1. The van der Waals surface area contributed by atoms with E-state index in [1.165, 1.54) is 4.31 Å². The van der Waals surface area contributed by atoms with Gasteiger partial charge in [-0.2, -0.15) is 4.31 Å². The van der Waals surface area contributed by atoms with Gasteiger partial charge in [0.05, 0.1) is 11.0 Å². The number of aliphatic hydroxyl groups is 1. The maximum absolute atomic E-state index is 12.8. The number of carbonyl (C=O) groups excluding carboxylic acids is 1. The maximum atomic E-state index is 12.8. The van der Waals surface area contributed by atoms with Gasteiger partial charge in [-0.25, -0.2) is 8.42 Å². The highest BCUT2D eigenvalue weighted by Crippen LogP contribution is 2.26. The van der Waals surface area contributed by atoms with Crippen molar-refractivity contribution in [2.45, 2.75) is 44.6 Å². The number of carbonyl (C=O) groups is 1. The predicted molar refractivity (Wildman–Crippen MR) is 92.1 cm³/mol. The number of rotatable bonds is 5. The van der Waals surface area contributed by atoms with Gasteiger partial charge >= 0.3 is 0 Å². The molecule has 134 valence electrons. The third kappa shape index (κ3) is 4.34. The molecule has 1 aliphatic rings. The minimum Gasteiger partial charge on any atom is -0.392 e. The normalized spacial score (nSPS) is 18.3. The highest BCUT2D eigenvalue weighted by molar-refractivity contribution is 7.89. The summed E-state index contributed by atoms with van der Waals surface area (Å²) in [6.45, 7) is 6.24. The zero-order valence-corrected chi connectivity index (χ0v) is 15.3. The molecule has 0 bridgehead atoms. The van der Waals surface area contributed by atoms with Crippen LogP contribution >= 0.6 is 0 Å². The van der Waals surface area contributed by atoms with Crippen LogP contribution in [0, 0.1) is 19.8 Å². The average Bonchev–Trinajstić information content (AvgIpc) is 2.52. The number of nitrogens with zero attached hydrogens (tertiary/aromatic N) is 1. The lowest BCUT2D eigenvalue weighted by Gasteiger charge is -2.31. The van der Waals surface area contributed by atoms with Crippen LogP contribution in [0.2, 0.25) is 0 Å². The van der Waals surface area contributed by atoms with Gasteiger partial charge in [0.15, 0.2) is 0 Å². The lowest BCUT2D eigenvalue weighted by atomic mass is 9.97. The molecule has 1 aromatic rings. The molecule has 2 N–H and O–H groups in total. The Morgan fingerprint density at radius 1 is 1.33 bits per heavy atom. The fourth-order valence-corrected chi connectivity index (χ4v) is 4.65. The monoisotopic (exact) mass is 354 g/mol. The van der Waals surface area contributed by atoms with E-state index < -0.39 is 16.1 Å². The van der Waals surface area contributed by atoms with Crippen LogP contribution in [0.5, 0.6) is 0 Å². The molecule has 0 saturated carbocycles. The molecule has 1 fully saturated rings. The molecule has 1 aromatic carbocycles. The Kier molecular flexibility index (Phi) is 6.01.